The Labute approximate surface area is 107 Å². The van der Waals surface area contributed by atoms with E-state index in [-0.39, 0.29) is 0 Å². The van der Waals surface area contributed by atoms with Gasteiger partial charge in [-0.15, -0.1) is 0 Å². The molecule has 96 valence electrons. The number of hydrogen-bond acceptors (Lipinski definition) is 3. The second kappa shape index (κ2) is 5.80. The fourth-order valence-corrected chi connectivity index (χ4v) is 1.99. The van der Waals surface area contributed by atoms with Gasteiger partial charge in [-0.25, -0.2) is 4.98 Å². The number of hydrogen-bond donors (Lipinski definition) is 2. The second-order valence-corrected chi connectivity index (χ2v) is 4.28. The number of imidazole rings is 1. The first-order valence-electron chi connectivity index (χ1n) is 6.16. The molecule has 2 N–H and O–H groups in total. The molecular formula is C14H18N2O2. The van der Waals surface area contributed by atoms with Crippen molar-refractivity contribution in [1.82, 2.24) is 9.55 Å². The van der Waals surface area contributed by atoms with Crippen molar-refractivity contribution in [1.29, 1.82) is 0 Å². The lowest BCUT2D eigenvalue weighted by Gasteiger charge is -2.18. The zero-order chi connectivity index (χ0) is 13.0. The fraction of sp³-hybridized carbons (Fsp3) is 0.357. The van der Waals surface area contributed by atoms with Gasteiger partial charge >= 0.3 is 0 Å². The van der Waals surface area contributed by atoms with Gasteiger partial charge in [-0.2, -0.15) is 0 Å². The fourth-order valence-electron chi connectivity index (χ4n) is 1.99. The lowest BCUT2D eigenvalue weighted by atomic mass is 10.0. The monoisotopic (exact) mass is 246 g/mol. The minimum Gasteiger partial charge on any atom is -0.385 e. The quantitative estimate of drug-likeness (QED) is 0.849. The molecule has 1 aromatic heterocycles. The van der Waals surface area contributed by atoms with Crippen molar-refractivity contribution in [3.63, 3.8) is 0 Å². The van der Waals surface area contributed by atoms with Crippen molar-refractivity contribution in [3.8, 4) is 0 Å². The van der Waals surface area contributed by atoms with Gasteiger partial charge in [0.2, 0.25) is 0 Å². The van der Waals surface area contributed by atoms with Crippen molar-refractivity contribution in [2.45, 2.75) is 32.1 Å². The molecule has 0 aliphatic carbocycles. The van der Waals surface area contributed by atoms with Crippen molar-refractivity contribution >= 4 is 0 Å². The lowest BCUT2D eigenvalue weighted by molar-refractivity contribution is 0.00964. The van der Waals surface area contributed by atoms with Crippen molar-refractivity contribution in [2.24, 2.45) is 0 Å². The maximum atomic E-state index is 10.2. The van der Waals surface area contributed by atoms with Crippen LogP contribution in [0, 0.1) is 0 Å². The Bertz CT molecular complexity index is 482. The van der Waals surface area contributed by atoms with Crippen LogP contribution < -0.4 is 0 Å². The van der Waals surface area contributed by atoms with E-state index in [1.54, 1.807) is 18.3 Å². The van der Waals surface area contributed by atoms with E-state index in [1.165, 1.54) is 0 Å². The highest BCUT2D eigenvalue weighted by Gasteiger charge is 2.23. The summed E-state index contributed by atoms with van der Waals surface area (Å²) in [4.78, 5) is 4.13. The van der Waals surface area contributed by atoms with Crippen LogP contribution in [0.25, 0.3) is 0 Å². The summed E-state index contributed by atoms with van der Waals surface area (Å²) in [5.41, 5.74) is 0.691. The average Bonchev–Trinajstić information content (AvgIpc) is 2.87. The first-order valence-corrected chi connectivity index (χ1v) is 6.16. The molecular weight excluding hydrogens is 228 g/mol. The summed E-state index contributed by atoms with van der Waals surface area (Å²) in [5.74, 6) is 0.508. The molecule has 0 amide bonds. The number of nitrogens with zero attached hydrogens (tertiary/aromatic N) is 2. The van der Waals surface area contributed by atoms with E-state index in [0.717, 1.165) is 13.0 Å². The van der Waals surface area contributed by atoms with Gasteiger partial charge in [0.05, 0.1) is 0 Å². The number of rotatable bonds is 5. The van der Waals surface area contributed by atoms with Crippen LogP contribution in [0.15, 0.2) is 42.7 Å². The first kappa shape index (κ1) is 12.8. The first-order chi connectivity index (χ1) is 8.74. The van der Waals surface area contributed by atoms with E-state index in [4.69, 9.17) is 0 Å². The highest BCUT2D eigenvalue weighted by atomic mass is 16.3. The number of aliphatic hydroxyl groups is 2. The van der Waals surface area contributed by atoms with E-state index in [0.29, 0.717) is 11.4 Å². The van der Waals surface area contributed by atoms with Gasteiger partial charge in [0, 0.05) is 18.9 Å². The molecule has 2 atom stereocenters. The number of aryl methyl sites for hydroxylation is 1. The predicted molar refractivity (Wildman–Crippen MR) is 68.9 cm³/mol. The van der Waals surface area contributed by atoms with Gasteiger partial charge in [0.1, 0.15) is 18.0 Å². The summed E-state index contributed by atoms with van der Waals surface area (Å²) in [6.45, 7) is 2.84. The summed E-state index contributed by atoms with van der Waals surface area (Å²) >= 11 is 0. The van der Waals surface area contributed by atoms with Crippen molar-refractivity contribution in [3.05, 3.63) is 54.1 Å². The molecule has 1 heterocycles. The maximum Gasteiger partial charge on any atom is 0.142 e. The Balaban J connectivity index is 2.20. The van der Waals surface area contributed by atoms with Gasteiger partial charge in [0.25, 0.3) is 0 Å². The predicted octanol–water partition coefficient (Wildman–Crippen LogP) is 2.06. The topological polar surface area (TPSA) is 58.3 Å². The van der Waals surface area contributed by atoms with Crippen LogP contribution in [0.4, 0.5) is 0 Å². The molecule has 18 heavy (non-hydrogen) atoms. The van der Waals surface area contributed by atoms with Gasteiger partial charge < -0.3 is 14.8 Å². The second-order valence-electron chi connectivity index (χ2n) is 4.28. The van der Waals surface area contributed by atoms with E-state index in [1.807, 2.05) is 29.0 Å². The molecule has 4 nitrogen and oxygen atoms in total. The van der Waals surface area contributed by atoms with Crippen LogP contribution in [0.3, 0.4) is 0 Å². The summed E-state index contributed by atoms with van der Waals surface area (Å²) in [7, 11) is 0. The molecule has 0 saturated heterocycles. The van der Waals surface area contributed by atoms with Gasteiger partial charge in [0.15, 0.2) is 0 Å². The number of aromatic nitrogens is 2. The Hall–Kier alpha value is -1.65. The molecule has 0 bridgehead atoms. The summed E-state index contributed by atoms with van der Waals surface area (Å²) in [5, 5.41) is 20.4. The Kier molecular flexibility index (Phi) is 4.12. The molecule has 0 fully saturated rings. The molecule has 0 saturated carbocycles. The van der Waals surface area contributed by atoms with E-state index in [2.05, 4.69) is 11.9 Å². The Morgan fingerprint density at radius 2 is 1.89 bits per heavy atom. The third-order valence-corrected chi connectivity index (χ3v) is 2.92. The van der Waals surface area contributed by atoms with Gasteiger partial charge in [-0.1, -0.05) is 37.3 Å². The van der Waals surface area contributed by atoms with Crippen LogP contribution in [0.1, 0.15) is 36.9 Å². The Morgan fingerprint density at radius 1 is 1.17 bits per heavy atom. The molecule has 0 spiro atoms. The van der Waals surface area contributed by atoms with Crippen molar-refractivity contribution in [2.75, 3.05) is 0 Å². The number of aliphatic hydroxyl groups excluding tert-OH is 2. The van der Waals surface area contributed by atoms with Gasteiger partial charge in [-0.05, 0) is 12.0 Å². The summed E-state index contributed by atoms with van der Waals surface area (Å²) in [6, 6.07) is 9.14. The maximum absolute atomic E-state index is 10.2. The minimum atomic E-state index is -1.01. The summed E-state index contributed by atoms with van der Waals surface area (Å²) in [6.07, 6.45) is 2.46. The SMILES string of the molecule is CCCn1ccnc1C(O)C(O)c1ccccc1. The highest BCUT2D eigenvalue weighted by Crippen LogP contribution is 2.27. The molecule has 2 rings (SSSR count). The van der Waals surface area contributed by atoms with E-state index < -0.39 is 12.2 Å². The van der Waals surface area contributed by atoms with Crippen LogP contribution in [0.5, 0.6) is 0 Å². The third-order valence-electron chi connectivity index (χ3n) is 2.92. The van der Waals surface area contributed by atoms with E-state index in [9.17, 15) is 10.2 Å². The van der Waals surface area contributed by atoms with Crippen LogP contribution >= 0.6 is 0 Å². The largest absolute Gasteiger partial charge is 0.385 e. The smallest absolute Gasteiger partial charge is 0.142 e. The highest BCUT2D eigenvalue weighted by molar-refractivity contribution is 5.19. The molecule has 0 radical (unpaired) electrons. The zero-order valence-corrected chi connectivity index (χ0v) is 10.4. The summed E-state index contributed by atoms with van der Waals surface area (Å²) < 4.78 is 1.87. The molecule has 0 aliphatic heterocycles. The lowest BCUT2D eigenvalue weighted by Crippen LogP contribution is -2.15. The average molecular weight is 246 g/mol. The standard InChI is InChI=1S/C14H18N2O2/c1-2-9-16-10-8-15-14(16)13(18)12(17)11-6-4-3-5-7-11/h3-8,10,12-13,17-18H,2,9H2,1H3. The normalized spacial score (nSPS) is 14.4. The van der Waals surface area contributed by atoms with Crippen LogP contribution in [-0.4, -0.2) is 19.8 Å². The Morgan fingerprint density at radius 3 is 2.56 bits per heavy atom. The van der Waals surface area contributed by atoms with Crippen LogP contribution in [-0.2, 0) is 6.54 Å². The van der Waals surface area contributed by atoms with E-state index >= 15 is 0 Å². The zero-order valence-electron chi connectivity index (χ0n) is 10.4. The van der Waals surface area contributed by atoms with Crippen LogP contribution in [0.2, 0.25) is 0 Å². The minimum absolute atomic E-state index is 0.508. The molecule has 0 aliphatic rings. The molecule has 1 aromatic carbocycles. The van der Waals surface area contributed by atoms with Crippen molar-refractivity contribution < 1.29 is 10.2 Å². The molecule has 2 unspecified atom stereocenters. The third kappa shape index (κ3) is 2.60. The van der Waals surface area contributed by atoms with Gasteiger partial charge in [-0.3, -0.25) is 0 Å². The molecule has 4 heteroatoms. The number of benzene rings is 1. The molecule has 2 aromatic rings.